The van der Waals surface area contributed by atoms with E-state index in [4.69, 9.17) is 4.74 Å². The number of amides is 1. The monoisotopic (exact) mass is 352 g/mol. The van der Waals surface area contributed by atoms with Gasteiger partial charge in [-0.1, -0.05) is 25.0 Å². The largest absolute Gasteiger partial charge is 0.497 e. The standard InChI is InChI=1S/C19H28N2O2.ClH/c1-20-16-8-6-12-21(14-16)18(22)19(10-3-4-11-19)15-7-5-9-17(13-15)23-2;/h5,7,9,13,16,20H,3-4,6,8,10-12,14H2,1-2H3;1H. The molecule has 1 heterocycles. The van der Waals surface area contributed by atoms with Crippen LogP contribution in [0, 0.1) is 0 Å². The molecule has 1 atom stereocenters. The first-order chi connectivity index (χ1) is 11.2. The van der Waals surface area contributed by atoms with Gasteiger partial charge in [0.25, 0.3) is 0 Å². The van der Waals surface area contributed by atoms with Gasteiger partial charge in [-0.15, -0.1) is 12.4 Å². The highest BCUT2D eigenvalue weighted by molar-refractivity contribution is 5.89. The van der Waals surface area contributed by atoms with Crippen molar-refractivity contribution >= 4 is 18.3 Å². The molecule has 1 unspecified atom stereocenters. The van der Waals surface area contributed by atoms with Gasteiger partial charge in [-0.3, -0.25) is 4.79 Å². The summed E-state index contributed by atoms with van der Waals surface area (Å²) in [6.07, 6.45) is 6.43. The molecule has 0 radical (unpaired) electrons. The highest BCUT2D eigenvalue weighted by Crippen LogP contribution is 2.43. The summed E-state index contributed by atoms with van der Waals surface area (Å²) in [4.78, 5) is 15.5. The Labute approximate surface area is 151 Å². The number of benzene rings is 1. The number of likely N-dealkylation sites (tertiary alicyclic amines) is 1. The van der Waals surface area contributed by atoms with Crippen molar-refractivity contribution < 1.29 is 9.53 Å². The Bertz CT molecular complexity index is 558. The van der Waals surface area contributed by atoms with Crippen LogP contribution in [0.2, 0.25) is 0 Å². The van der Waals surface area contributed by atoms with Crippen molar-refractivity contribution in [2.45, 2.75) is 50.0 Å². The summed E-state index contributed by atoms with van der Waals surface area (Å²) >= 11 is 0. The van der Waals surface area contributed by atoms with Gasteiger partial charge in [-0.05, 0) is 50.4 Å². The molecule has 5 heteroatoms. The van der Waals surface area contributed by atoms with Crippen molar-refractivity contribution in [3.63, 3.8) is 0 Å². The van der Waals surface area contributed by atoms with Crippen LogP contribution in [0.15, 0.2) is 24.3 Å². The number of methoxy groups -OCH3 is 1. The second kappa shape index (κ2) is 8.21. The van der Waals surface area contributed by atoms with E-state index in [0.717, 1.165) is 62.9 Å². The van der Waals surface area contributed by atoms with Gasteiger partial charge in [0.1, 0.15) is 5.75 Å². The summed E-state index contributed by atoms with van der Waals surface area (Å²) in [6, 6.07) is 8.55. The Hall–Kier alpha value is -1.26. The number of carbonyl (C=O) groups excluding carboxylic acids is 1. The molecule has 0 spiro atoms. The summed E-state index contributed by atoms with van der Waals surface area (Å²) in [7, 11) is 3.68. The minimum atomic E-state index is -0.343. The summed E-state index contributed by atoms with van der Waals surface area (Å²) in [5.74, 6) is 1.16. The Morgan fingerprint density at radius 3 is 2.71 bits per heavy atom. The van der Waals surface area contributed by atoms with Gasteiger partial charge < -0.3 is 15.0 Å². The molecule has 1 aliphatic heterocycles. The smallest absolute Gasteiger partial charge is 0.233 e. The summed E-state index contributed by atoms with van der Waals surface area (Å²) < 4.78 is 5.38. The maximum Gasteiger partial charge on any atom is 0.233 e. The number of likely N-dealkylation sites (N-methyl/N-ethyl adjacent to an activating group) is 1. The first kappa shape index (κ1) is 19.1. The van der Waals surface area contributed by atoms with E-state index in [1.807, 2.05) is 19.2 Å². The van der Waals surface area contributed by atoms with Gasteiger partial charge in [0.2, 0.25) is 5.91 Å². The zero-order chi connectivity index (χ0) is 16.3. The van der Waals surface area contributed by atoms with Gasteiger partial charge in [-0.25, -0.2) is 0 Å². The molecule has 2 fully saturated rings. The highest BCUT2D eigenvalue weighted by Gasteiger charge is 2.45. The van der Waals surface area contributed by atoms with Gasteiger partial charge >= 0.3 is 0 Å². The topological polar surface area (TPSA) is 41.6 Å². The maximum atomic E-state index is 13.4. The van der Waals surface area contributed by atoms with E-state index in [1.54, 1.807) is 7.11 Å². The van der Waals surface area contributed by atoms with Crippen molar-refractivity contribution in [3.05, 3.63) is 29.8 Å². The Kier molecular flexibility index (Phi) is 6.53. The third kappa shape index (κ3) is 3.55. The van der Waals surface area contributed by atoms with E-state index < -0.39 is 0 Å². The van der Waals surface area contributed by atoms with Crippen LogP contribution in [0.1, 0.15) is 44.1 Å². The van der Waals surface area contributed by atoms with Crippen molar-refractivity contribution in [3.8, 4) is 5.75 Å². The minimum absolute atomic E-state index is 0. The number of halogens is 1. The molecular formula is C19H29ClN2O2. The number of nitrogens with zero attached hydrogens (tertiary/aromatic N) is 1. The van der Waals surface area contributed by atoms with E-state index >= 15 is 0 Å². The molecule has 1 amide bonds. The fourth-order valence-corrected chi connectivity index (χ4v) is 4.23. The molecule has 1 N–H and O–H groups in total. The first-order valence-corrected chi connectivity index (χ1v) is 8.81. The van der Waals surface area contributed by atoms with Gasteiger partial charge in [0.15, 0.2) is 0 Å². The Balaban J connectivity index is 0.00000208. The molecule has 1 aromatic rings. The SMILES string of the molecule is CNC1CCCN(C(=O)C2(c3cccc(OC)c3)CCCC2)C1.Cl. The lowest BCUT2D eigenvalue weighted by atomic mass is 9.77. The number of carbonyl (C=O) groups is 1. The molecule has 0 bridgehead atoms. The van der Waals surface area contributed by atoms with Gasteiger partial charge in [-0.2, -0.15) is 0 Å². The molecule has 2 aliphatic rings. The fraction of sp³-hybridized carbons (Fsp3) is 0.632. The second-order valence-corrected chi connectivity index (χ2v) is 6.90. The Morgan fingerprint density at radius 1 is 1.29 bits per heavy atom. The van der Waals surface area contributed by atoms with E-state index in [0.29, 0.717) is 11.9 Å². The van der Waals surface area contributed by atoms with Crippen molar-refractivity contribution in [2.75, 3.05) is 27.2 Å². The third-order valence-corrected chi connectivity index (χ3v) is 5.61. The number of hydrogen-bond acceptors (Lipinski definition) is 3. The van der Waals surface area contributed by atoms with Crippen LogP contribution in [-0.4, -0.2) is 44.1 Å². The quantitative estimate of drug-likeness (QED) is 0.905. The molecule has 1 aromatic carbocycles. The van der Waals surface area contributed by atoms with E-state index in [1.165, 1.54) is 0 Å². The van der Waals surface area contributed by atoms with E-state index in [-0.39, 0.29) is 17.8 Å². The zero-order valence-corrected chi connectivity index (χ0v) is 15.5. The summed E-state index contributed by atoms with van der Waals surface area (Å²) in [5.41, 5.74) is 0.787. The van der Waals surface area contributed by atoms with Crippen LogP contribution in [0.4, 0.5) is 0 Å². The summed E-state index contributed by atoms with van der Waals surface area (Å²) in [6.45, 7) is 1.73. The minimum Gasteiger partial charge on any atom is -0.497 e. The lowest BCUT2D eigenvalue weighted by Crippen LogP contribution is -2.52. The zero-order valence-electron chi connectivity index (χ0n) is 14.7. The van der Waals surface area contributed by atoms with Crippen LogP contribution in [-0.2, 0) is 10.2 Å². The average Bonchev–Trinajstić information content (AvgIpc) is 3.12. The molecule has 134 valence electrons. The van der Waals surface area contributed by atoms with Crippen molar-refractivity contribution in [1.82, 2.24) is 10.2 Å². The number of piperidine rings is 1. The third-order valence-electron chi connectivity index (χ3n) is 5.61. The van der Waals surface area contributed by atoms with Crippen LogP contribution < -0.4 is 10.1 Å². The lowest BCUT2D eigenvalue weighted by Gasteiger charge is -2.39. The maximum absolute atomic E-state index is 13.4. The fourth-order valence-electron chi connectivity index (χ4n) is 4.23. The average molecular weight is 353 g/mol. The molecule has 3 rings (SSSR count). The van der Waals surface area contributed by atoms with Gasteiger partial charge in [0, 0.05) is 19.1 Å². The van der Waals surface area contributed by atoms with Crippen LogP contribution in [0.25, 0.3) is 0 Å². The van der Waals surface area contributed by atoms with Crippen molar-refractivity contribution in [1.29, 1.82) is 0 Å². The number of rotatable bonds is 4. The van der Waals surface area contributed by atoms with Crippen LogP contribution in [0.3, 0.4) is 0 Å². The Morgan fingerprint density at radius 2 is 2.04 bits per heavy atom. The number of ether oxygens (including phenoxy) is 1. The normalized spacial score (nSPS) is 22.8. The molecule has 24 heavy (non-hydrogen) atoms. The predicted molar refractivity (Wildman–Crippen MR) is 99.0 cm³/mol. The first-order valence-electron chi connectivity index (χ1n) is 8.81. The molecule has 1 saturated carbocycles. The number of hydrogen-bond donors (Lipinski definition) is 1. The molecule has 4 nitrogen and oxygen atoms in total. The molecule has 1 saturated heterocycles. The molecule has 0 aromatic heterocycles. The number of nitrogens with one attached hydrogen (secondary N) is 1. The summed E-state index contributed by atoms with van der Waals surface area (Å²) in [5, 5.41) is 3.34. The van der Waals surface area contributed by atoms with Gasteiger partial charge in [0.05, 0.1) is 12.5 Å². The van der Waals surface area contributed by atoms with Crippen molar-refractivity contribution in [2.24, 2.45) is 0 Å². The highest BCUT2D eigenvalue weighted by atomic mass is 35.5. The molecular weight excluding hydrogens is 324 g/mol. The second-order valence-electron chi connectivity index (χ2n) is 6.90. The lowest BCUT2D eigenvalue weighted by molar-refractivity contribution is -0.138. The van der Waals surface area contributed by atoms with E-state index in [9.17, 15) is 4.79 Å². The van der Waals surface area contributed by atoms with Crippen LogP contribution in [0.5, 0.6) is 5.75 Å². The van der Waals surface area contributed by atoms with E-state index in [2.05, 4.69) is 22.3 Å². The predicted octanol–water partition coefficient (Wildman–Crippen LogP) is 3.14. The van der Waals surface area contributed by atoms with Crippen LogP contribution >= 0.6 is 12.4 Å². The molecule has 1 aliphatic carbocycles.